The fraction of sp³-hybridized carbons (Fsp3) is 0.769. The molecular formula is C13H20N4O9S2. The second-order valence-corrected chi connectivity index (χ2v) is 10.3. The summed E-state index contributed by atoms with van der Waals surface area (Å²) in [6.07, 6.45) is 0.430. The second kappa shape index (κ2) is 7.22. The maximum absolute atomic E-state index is 12.7. The van der Waals surface area contributed by atoms with E-state index in [1.807, 2.05) is 0 Å². The van der Waals surface area contributed by atoms with E-state index in [9.17, 15) is 31.2 Å². The number of carbonyl (C=O) groups excluding carboxylic acids is 3. The molecule has 3 aliphatic heterocycles. The number of hydrogen-bond donors (Lipinski definition) is 2. The number of hydroxylamine groups is 2. The van der Waals surface area contributed by atoms with Crippen LogP contribution in [-0.2, 0) is 34.1 Å². The Labute approximate surface area is 161 Å². The van der Waals surface area contributed by atoms with Gasteiger partial charge in [-0.15, -0.1) is 4.28 Å². The summed E-state index contributed by atoms with van der Waals surface area (Å²) in [5, 5.41) is 0.893. The summed E-state index contributed by atoms with van der Waals surface area (Å²) in [5.41, 5.74) is 0. The van der Waals surface area contributed by atoms with Gasteiger partial charge in [-0.25, -0.2) is 24.1 Å². The van der Waals surface area contributed by atoms with Crippen molar-refractivity contribution in [1.82, 2.24) is 15.0 Å². The van der Waals surface area contributed by atoms with Gasteiger partial charge < -0.3 is 4.90 Å². The van der Waals surface area contributed by atoms with Gasteiger partial charge in [-0.3, -0.25) is 14.1 Å². The Bertz CT molecular complexity index is 889. The number of carbonyl (C=O) groups is 3. The molecule has 13 nitrogen and oxygen atoms in total. The fourth-order valence-electron chi connectivity index (χ4n) is 3.69. The summed E-state index contributed by atoms with van der Waals surface area (Å²) in [4.78, 5) is 38.5. The molecule has 0 aromatic rings. The molecule has 0 radical (unpaired) electrons. The lowest BCUT2D eigenvalue weighted by atomic mass is 9.98. The standard InChI is InChI=1S/C13H20N4O9S2/c14-16(11(18)8-3-5-27(21,22)6-4-8)12(19)10-2-1-9-7-15(10)13(20)17(9)26-28(23,24)25/h8-10H,1-7,14H2,(H,23,24,25). The normalized spacial score (nSPS) is 27.7. The van der Waals surface area contributed by atoms with E-state index >= 15 is 0 Å². The third kappa shape index (κ3) is 4.12. The molecule has 158 valence electrons. The molecule has 2 atom stereocenters. The molecule has 0 aromatic heterocycles. The number of hydrogen-bond acceptors (Lipinski definition) is 9. The first-order valence-electron chi connectivity index (χ1n) is 8.49. The zero-order valence-electron chi connectivity index (χ0n) is 14.6. The van der Waals surface area contributed by atoms with Crippen molar-refractivity contribution in [3.63, 3.8) is 0 Å². The quantitative estimate of drug-likeness (QED) is 0.163. The summed E-state index contributed by atoms with van der Waals surface area (Å²) >= 11 is 0. The van der Waals surface area contributed by atoms with Gasteiger partial charge in [0.15, 0.2) is 0 Å². The van der Waals surface area contributed by atoms with Gasteiger partial charge in [0.1, 0.15) is 15.9 Å². The van der Waals surface area contributed by atoms with Crippen LogP contribution >= 0.6 is 0 Å². The van der Waals surface area contributed by atoms with Gasteiger partial charge in [0.2, 0.25) is 5.91 Å². The van der Waals surface area contributed by atoms with E-state index in [-0.39, 0.29) is 43.7 Å². The van der Waals surface area contributed by atoms with Crippen LogP contribution in [0.3, 0.4) is 0 Å². The summed E-state index contributed by atoms with van der Waals surface area (Å²) in [6.45, 7) is -0.0333. The zero-order valence-corrected chi connectivity index (χ0v) is 16.3. The molecule has 4 amide bonds. The second-order valence-electron chi connectivity index (χ2n) is 6.98. The lowest BCUT2D eigenvalue weighted by Gasteiger charge is -2.32. The lowest BCUT2D eigenvalue weighted by molar-refractivity contribution is -0.151. The zero-order chi connectivity index (χ0) is 20.9. The number of amides is 4. The number of urea groups is 1. The number of rotatable bonds is 4. The molecule has 2 bridgehead atoms. The van der Waals surface area contributed by atoms with Crippen LogP contribution in [0.5, 0.6) is 0 Å². The molecule has 0 saturated carbocycles. The molecule has 0 aliphatic carbocycles. The van der Waals surface area contributed by atoms with E-state index in [0.717, 1.165) is 4.90 Å². The lowest BCUT2D eigenvalue weighted by Crippen LogP contribution is -2.56. The topological polar surface area (TPSA) is 185 Å². The SMILES string of the molecule is NN(C(=O)C1CCS(=O)(=O)CC1)C(=O)C1CCC2CN1C(=O)N2OS(=O)(=O)O. The highest BCUT2D eigenvalue weighted by Gasteiger charge is 2.50. The highest BCUT2D eigenvalue weighted by molar-refractivity contribution is 7.91. The molecule has 3 fully saturated rings. The number of nitrogens with zero attached hydrogens (tertiary/aromatic N) is 3. The van der Waals surface area contributed by atoms with E-state index in [1.165, 1.54) is 0 Å². The van der Waals surface area contributed by atoms with Crippen molar-refractivity contribution in [2.45, 2.75) is 37.8 Å². The number of fused-ring (bicyclic) bond motifs is 2. The summed E-state index contributed by atoms with van der Waals surface area (Å²) < 4.78 is 57.8. The maximum atomic E-state index is 12.7. The van der Waals surface area contributed by atoms with Crippen molar-refractivity contribution in [1.29, 1.82) is 0 Å². The molecule has 0 spiro atoms. The number of piperidine rings is 1. The van der Waals surface area contributed by atoms with Crippen molar-refractivity contribution in [2.24, 2.45) is 11.8 Å². The van der Waals surface area contributed by atoms with Crippen molar-refractivity contribution < 1.29 is 40.1 Å². The van der Waals surface area contributed by atoms with E-state index in [1.54, 1.807) is 0 Å². The Hall–Kier alpha value is -1.81. The van der Waals surface area contributed by atoms with Crippen LogP contribution in [0.15, 0.2) is 0 Å². The molecule has 0 aromatic carbocycles. The first kappa shape index (κ1) is 20.9. The number of nitrogens with two attached hydrogens (primary N) is 1. The number of imide groups is 1. The van der Waals surface area contributed by atoms with Crippen LogP contribution in [0.4, 0.5) is 4.79 Å². The van der Waals surface area contributed by atoms with Gasteiger partial charge >= 0.3 is 16.4 Å². The minimum atomic E-state index is -4.92. The van der Waals surface area contributed by atoms with Gasteiger partial charge in [0.25, 0.3) is 5.91 Å². The Morgan fingerprint density at radius 3 is 2.32 bits per heavy atom. The molecule has 3 heterocycles. The van der Waals surface area contributed by atoms with Crippen LogP contribution in [0.1, 0.15) is 25.7 Å². The van der Waals surface area contributed by atoms with Crippen molar-refractivity contribution in [3.05, 3.63) is 0 Å². The molecule has 2 unspecified atom stereocenters. The number of sulfone groups is 1. The highest BCUT2D eigenvalue weighted by atomic mass is 32.3. The predicted octanol–water partition coefficient (Wildman–Crippen LogP) is -1.96. The smallest absolute Gasteiger partial charge is 0.309 e. The average Bonchev–Trinajstić information content (AvgIpc) is 2.84. The Kier molecular flexibility index (Phi) is 5.39. The van der Waals surface area contributed by atoms with Crippen molar-refractivity contribution >= 4 is 38.1 Å². The van der Waals surface area contributed by atoms with Gasteiger partial charge in [0.05, 0.1) is 17.5 Å². The van der Waals surface area contributed by atoms with Crippen LogP contribution in [-0.4, -0.2) is 84.3 Å². The highest BCUT2D eigenvalue weighted by Crippen LogP contribution is 2.31. The largest absolute Gasteiger partial charge is 0.418 e. The Balaban J connectivity index is 1.68. The molecule has 3 saturated heterocycles. The first-order chi connectivity index (χ1) is 12.9. The molecule has 15 heteroatoms. The molecular weight excluding hydrogens is 420 g/mol. The molecule has 3 aliphatic rings. The first-order valence-corrected chi connectivity index (χ1v) is 11.7. The predicted molar refractivity (Wildman–Crippen MR) is 90.8 cm³/mol. The minimum Gasteiger partial charge on any atom is -0.309 e. The van der Waals surface area contributed by atoms with E-state index in [0.29, 0.717) is 10.1 Å². The van der Waals surface area contributed by atoms with Crippen LogP contribution in [0, 0.1) is 5.92 Å². The minimum absolute atomic E-state index is 0.0333. The Morgan fingerprint density at radius 2 is 1.75 bits per heavy atom. The van der Waals surface area contributed by atoms with Gasteiger partial charge in [0, 0.05) is 12.5 Å². The molecule has 28 heavy (non-hydrogen) atoms. The molecule has 3 N–H and O–H groups in total. The molecule has 3 rings (SSSR count). The van der Waals surface area contributed by atoms with Gasteiger partial charge in [-0.2, -0.15) is 13.5 Å². The van der Waals surface area contributed by atoms with Gasteiger partial charge in [-0.05, 0) is 25.7 Å². The summed E-state index contributed by atoms with van der Waals surface area (Å²) in [7, 11) is -8.11. The van der Waals surface area contributed by atoms with Crippen molar-refractivity contribution in [2.75, 3.05) is 18.1 Å². The van der Waals surface area contributed by atoms with Gasteiger partial charge in [-0.1, -0.05) is 0 Å². The van der Waals surface area contributed by atoms with E-state index in [4.69, 9.17) is 10.4 Å². The number of hydrazine groups is 1. The summed E-state index contributed by atoms with van der Waals surface area (Å²) in [5.74, 6) is 3.06. The monoisotopic (exact) mass is 440 g/mol. The van der Waals surface area contributed by atoms with Crippen LogP contribution in [0.2, 0.25) is 0 Å². The fourth-order valence-corrected chi connectivity index (χ4v) is 5.57. The van der Waals surface area contributed by atoms with Crippen LogP contribution in [0.25, 0.3) is 0 Å². The van der Waals surface area contributed by atoms with Crippen molar-refractivity contribution in [3.8, 4) is 0 Å². The van der Waals surface area contributed by atoms with E-state index < -0.39 is 56.1 Å². The Morgan fingerprint density at radius 1 is 1.14 bits per heavy atom. The maximum Gasteiger partial charge on any atom is 0.418 e. The van der Waals surface area contributed by atoms with E-state index in [2.05, 4.69) is 4.28 Å². The summed E-state index contributed by atoms with van der Waals surface area (Å²) in [6, 6.07) is -2.72. The average molecular weight is 440 g/mol. The van der Waals surface area contributed by atoms with Crippen LogP contribution < -0.4 is 5.84 Å². The third-order valence-electron chi connectivity index (χ3n) is 5.16. The third-order valence-corrected chi connectivity index (χ3v) is 7.23.